The van der Waals surface area contributed by atoms with Gasteiger partial charge in [-0.15, -0.1) is 12.3 Å². The number of likely N-dealkylation sites (N-methyl/N-ethyl adjacent to an activating group) is 1. The van der Waals surface area contributed by atoms with Gasteiger partial charge in [0.25, 0.3) is 0 Å². The standard InChI is InChI=1S/C43H73NO12/c1-16-18-19-44(13)30-21-26(5)52-40(36(30)47)55-38-27(6)34(31-23-42(11,50-14)37(48)29(8)53-31)28(7)39(49)54-32(17-2)41(9,10)56-33(45)20-24(3)35(46)25(4)22-43(38,12)51-15/h1,24-32,34,36-38,40,47-48H,17-23H2,2-15H3/t24-,25-,26-,27+,28-,29+,30+,31?,32-,34+,36-,37+,38-,40+,42-,43-/m1/s1. The Hall–Kier alpha value is -2.15. The first-order chi connectivity index (χ1) is 26.0. The van der Waals surface area contributed by atoms with Gasteiger partial charge in [-0.1, -0.05) is 34.6 Å². The minimum Gasteiger partial charge on any atom is -0.458 e. The highest BCUT2D eigenvalue weighted by Gasteiger charge is 2.55. The summed E-state index contributed by atoms with van der Waals surface area (Å²) < 4.78 is 44.4. The molecule has 3 heterocycles. The predicted octanol–water partition coefficient (Wildman–Crippen LogP) is 4.71. The van der Waals surface area contributed by atoms with E-state index < -0.39 is 101 Å². The quantitative estimate of drug-likeness (QED) is 0.245. The molecule has 0 radical (unpaired) electrons. The molecule has 0 saturated carbocycles. The van der Waals surface area contributed by atoms with Crippen LogP contribution in [0, 0.1) is 41.9 Å². The van der Waals surface area contributed by atoms with Gasteiger partial charge in [-0.05, 0) is 73.8 Å². The highest BCUT2D eigenvalue weighted by atomic mass is 16.7. The molecule has 0 spiro atoms. The van der Waals surface area contributed by atoms with Crippen molar-refractivity contribution in [2.45, 2.75) is 187 Å². The molecule has 3 saturated heterocycles. The van der Waals surface area contributed by atoms with Crippen LogP contribution in [-0.4, -0.2) is 133 Å². The lowest BCUT2D eigenvalue weighted by Crippen LogP contribution is -2.62. The predicted molar refractivity (Wildman–Crippen MR) is 210 cm³/mol. The van der Waals surface area contributed by atoms with Gasteiger partial charge in [0.2, 0.25) is 0 Å². The molecule has 0 aromatic rings. The number of aliphatic hydroxyl groups excluding tert-OH is 2. The summed E-state index contributed by atoms with van der Waals surface area (Å²) in [5, 5.41) is 23.1. The average Bonchev–Trinajstić information content (AvgIpc) is 3.13. The van der Waals surface area contributed by atoms with E-state index in [1.54, 1.807) is 48.8 Å². The summed E-state index contributed by atoms with van der Waals surface area (Å²) in [7, 11) is 5.01. The van der Waals surface area contributed by atoms with E-state index >= 15 is 0 Å². The molecule has 0 bridgehead atoms. The first kappa shape index (κ1) is 48.2. The van der Waals surface area contributed by atoms with Crippen LogP contribution in [-0.2, 0) is 47.5 Å². The molecule has 3 fully saturated rings. The van der Waals surface area contributed by atoms with Crippen LogP contribution >= 0.6 is 0 Å². The fourth-order valence-corrected chi connectivity index (χ4v) is 9.50. The van der Waals surface area contributed by atoms with Gasteiger partial charge in [-0.2, -0.15) is 0 Å². The normalized spacial score (nSPS) is 43.5. The molecule has 3 aliphatic heterocycles. The Morgan fingerprint density at radius 3 is 2.12 bits per heavy atom. The summed E-state index contributed by atoms with van der Waals surface area (Å²) in [4.78, 5) is 43.8. The summed E-state index contributed by atoms with van der Waals surface area (Å²) in [5.74, 6) is -1.91. The van der Waals surface area contributed by atoms with Crippen molar-refractivity contribution in [3.05, 3.63) is 0 Å². The third kappa shape index (κ3) is 10.9. The van der Waals surface area contributed by atoms with Crippen LogP contribution in [0.2, 0.25) is 0 Å². The van der Waals surface area contributed by atoms with Crippen molar-refractivity contribution in [3.63, 3.8) is 0 Å². The SMILES string of the molecule is C#CCCN(C)[C@H]1C[C@@H](C)O[C@@H](O[C@@H]2[C@@H](C)[C@H](C3C[C@@](C)(OC)[C@@H](O)[C@H](C)O3)[C@@H](C)C(=O)O[C@H](CC)C(C)(C)OC(=O)C[C@@H](C)C(=O)[C@H](C)C[C@@]2(C)OC)[C@@H]1O. The third-order valence-electron chi connectivity index (χ3n) is 13.1. The van der Waals surface area contributed by atoms with Gasteiger partial charge in [0, 0.05) is 57.4 Å². The van der Waals surface area contributed by atoms with Crippen molar-refractivity contribution in [1.82, 2.24) is 4.90 Å². The van der Waals surface area contributed by atoms with Gasteiger partial charge in [0.05, 0.1) is 48.0 Å². The maximum absolute atomic E-state index is 14.5. The van der Waals surface area contributed by atoms with Crippen LogP contribution in [0.15, 0.2) is 0 Å². The Balaban J connectivity index is 2.27. The smallest absolute Gasteiger partial charge is 0.309 e. The first-order valence-corrected chi connectivity index (χ1v) is 20.5. The van der Waals surface area contributed by atoms with Gasteiger partial charge in [0.15, 0.2) is 6.29 Å². The number of esters is 2. The number of Topliss-reactive ketones (excluding diaryl/α,β-unsaturated/α-hetero) is 1. The van der Waals surface area contributed by atoms with Crippen LogP contribution in [0.25, 0.3) is 0 Å². The van der Waals surface area contributed by atoms with E-state index in [0.717, 1.165) is 0 Å². The molecule has 322 valence electrons. The minimum atomic E-state index is -1.21. The number of carbonyl (C=O) groups excluding carboxylic acids is 3. The second-order valence-electron chi connectivity index (χ2n) is 17.9. The Morgan fingerprint density at radius 1 is 0.929 bits per heavy atom. The van der Waals surface area contributed by atoms with Crippen molar-refractivity contribution in [1.29, 1.82) is 0 Å². The fraction of sp³-hybridized carbons (Fsp3) is 0.884. The fourth-order valence-electron chi connectivity index (χ4n) is 9.50. The summed E-state index contributed by atoms with van der Waals surface area (Å²) in [6.07, 6.45) is 0.759. The van der Waals surface area contributed by atoms with Gasteiger partial charge in [-0.25, -0.2) is 0 Å². The van der Waals surface area contributed by atoms with Gasteiger partial charge < -0.3 is 43.4 Å². The van der Waals surface area contributed by atoms with Crippen molar-refractivity contribution < 1.29 is 57.8 Å². The van der Waals surface area contributed by atoms with Crippen molar-refractivity contribution in [3.8, 4) is 12.3 Å². The number of hydrogen-bond donors (Lipinski definition) is 2. The third-order valence-corrected chi connectivity index (χ3v) is 13.1. The van der Waals surface area contributed by atoms with E-state index in [0.29, 0.717) is 25.8 Å². The number of ether oxygens (including phenoxy) is 7. The van der Waals surface area contributed by atoms with Crippen LogP contribution in [0.4, 0.5) is 0 Å². The largest absolute Gasteiger partial charge is 0.458 e. The molecule has 3 aliphatic rings. The number of ketones is 1. The molecule has 1 unspecified atom stereocenters. The van der Waals surface area contributed by atoms with E-state index in [1.165, 1.54) is 0 Å². The Bertz CT molecular complexity index is 1370. The van der Waals surface area contributed by atoms with Crippen molar-refractivity contribution in [2.75, 3.05) is 27.8 Å². The molecule has 56 heavy (non-hydrogen) atoms. The van der Waals surface area contributed by atoms with Crippen LogP contribution in [0.1, 0.15) is 115 Å². The van der Waals surface area contributed by atoms with Crippen molar-refractivity contribution >= 4 is 17.7 Å². The molecule has 0 aromatic heterocycles. The molecule has 0 aliphatic carbocycles. The number of terminal acetylenes is 1. The molecule has 13 nitrogen and oxygen atoms in total. The second-order valence-corrected chi connectivity index (χ2v) is 17.9. The Labute approximate surface area is 336 Å². The highest BCUT2D eigenvalue weighted by molar-refractivity contribution is 5.86. The molecular weight excluding hydrogens is 722 g/mol. The summed E-state index contributed by atoms with van der Waals surface area (Å²) in [6, 6.07) is -0.334. The number of nitrogens with zero attached hydrogens (tertiary/aromatic N) is 1. The molecule has 13 heteroatoms. The van der Waals surface area contributed by atoms with Gasteiger partial charge >= 0.3 is 11.9 Å². The maximum Gasteiger partial charge on any atom is 0.309 e. The zero-order chi connectivity index (χ0) is 42.5. The van der Waals surface area contributed by atoms with Crippen molar-refractivity contribution in [2.24, 2.45) is 29.6 Å². The Morgan fingerprint density at radius 2 is 1.55 bits per heavy atom. The molecule has 3 rings (SSSR count). The van der Waals surface area contributed by atoms with Gasteiger partial charge in [0.1, 0.15) is 29.7 Å². The summed E-state index contributed by atoms with van der Waals surface area (Å²) >= 11 is 0. The second kappa shape index (κ2) is 19.7. The monoisotopic (exact) mass is 796 g/mol. The molecule has 0 aromatic carbocycles. The molecule has 0 amide bonds. The van der Waals surface area contributed by atoms with E-state index in [-0.39, 0.29) is 37.2 Å². The maximum atomic E-state index is 14.5. The van der Waals surface area contributed by atoms with Crippen LogP contribution in [0.3, 0.4) is 0 Å². The van der Waals surface area contributed by atoms with E-state index in [9.17, 15) is 24.6 Å². The highest BCUT2D eigenvalue weighted by Crippen LogP contribution is 2.45. The number of carbonyl (C=O) groups is 3. The topological polar surface area (TPSA) is 160 Å². The number of aliphatic hydroxyl groups is 2. The molecule has 2 N–H and O–H groups in total. The summed E-state index contributed by atoms with van der Waals surface area (Å²) in [6.45, 7) is 20.5. The number of methoxy groups -OCH3 is 2. The van der Waals surface area contributed by atoms with E-state index in [4.69, 9.17) is 39.6 Å². The summed E-state index contributed by atoms with van der Waals surface area (Å²) in [5.41, 5.74) is -3.42. The van der Waals surface area contributed by atoms with Crippen LogP contribution < -0.4 is 0 Å². The lowest BCUT2D eigenvalue weighted by atomic mass is 9.68. The van der Waals surface area contributed by atoms with E-state index in [2.05, 4.69) is 5.92 Å². The lowest BCUT2D eigenvalue weighted by molar-refractivity contribution is -0.305. The molecular formula is C43H73NO12. The number of cyclic esters (lactones) is 2. The zero-order valence-corrected chi connectivity index (χ0v) is 36.5. The Kier molecular flexibility index (Phi) is 17.0. The average molecular weight is 796 g/mol. The number of rotatable bonds is 9. The number of hydrogen-bond acceptors (Lipinski definition) is 13. The lowest BCUT2D eigenvalue weighted by Gasteiger charge is -2.52. The van der Waals surface area contributed by atoms with Crippen LogP contribution in [0.5, 0.6) is 0 Å². The van der Waals surface area contributed by atoms with Gasteiger partial charge in [-0.3, -0.25) is 19.3 Å². The minimum absolute atomic E-state index is 0.142. The van der Waals surface area contributed by atoms with E-state index in [1.807, 2.05) is 53.5 Å². The zero-order valence-electron chi connectivity index (χ0n) is 36.5. The first-order valence-electron chi connectivity index (χ1n) is 20.5. The molecule has 16 atom stereocenters.